The van der Waals surface area contributed by atoms with Gasteiger partial charge >= 0.3 is 0 Å². The summed E-state index contributed by atoms with van der Waals surface area (Å²) in [5.74, 6) is 0.590. The van der Waals surface area contributed by atoms with Crippen molar-refractivity contribution >= 4 is 0 Å². The molecule has 0 aromatic heterocycles. The fraction of sp³-hybridized carbons (Fsp3) is 0.684. The predicted molar refractivity (Wildman–Crippen MR) is 93.7 cm³/mol. The van der Waals surface area contributed by atoms with Gasteiger partial charge in [-0.3, -0.25) is 4.90 Å². The Hall–Kier alpha value is -0.860. The molecule has 1 aromatic carbocycles. The van der Waals surface area contributed by atoms with E-state index in [1.807, 2.05) is 0 Å². The van der Waals surface area contributed by atoms with Crippen molar-refractivity contribution in [1.82, 2.24) is 4.90 Å². The number of benzene rings is 1. The second kappa shape index (κ2) is 9.97. The molecule has 0 amide bonds. The fourth-order valence-corrected chi connectivity index (χ4v) is 2.74. The van der Waals surface area contributed by atoms with Crippen molar-refractivity contribution in [3.05, 3.63) is 35.4 Å². The first-order valence-electron chi connectivity index (χ1n) is 8.67. The summed E-state index contributed by atoms with van der Waals surface area (Å²) >= 11 is 0. The van der Waals surface area contributed by atoms with Gasteiger partial charge in [0, 0.05) is 12.6 Å². The average Bonchev–Trinajstić information content (AvgIpc) is 2.50. The molecule has 1 rings (SSSR count). The monoisotopic (exact) mass is 290 g/mol. The van der Waals surface area contributed by atoms with E-state index in [1.165, 1.54) is 36.8 Å². The van der Waals surface area contributed by atoms with Gasteiger partial charge in [0.2, 0.25) is 0 Å². The molecule has 0 aliphatic heterocycles. The van der Waals surface area contributed by atoms with Gasteiger partial charge in [0.25, 0.3) is 0 Å². The van der Waals surface area contributed by atoms with Crippen molar-refractivity contribution < 1.29 is 0 Å². The average molecular weight is 290 g/mol. The minimum absolute atomic E-state index is 0.365. The van der Waals surface area contributed by atoms with Crippen LogP contribution in [0.25, 0.3) is 0 Å². The Kier molecular flexibility index (Phi) is 8.63. The smallest absolute Gasteiger partial charge is 0.0470 e. The van der Waals surface area contributed by atoms with Crippen LogP contribution in [0.15, 0.2) is 24.3 Å². The van der Waals surface area contributed by atoms with Gasteiger partial charge in [-0.15, -0.1) is 0 Å². The lowest BCUT2D eigenvalue weighted by Gasteiger charge is -2.31. The molecule has 0 fully saturated rings. The molecule has 2 N–H and O–H groups in total. The molecule has 0 saturated carbocycles. The lowest BCUT2D eigenvalue weighted by molar-refractivity contribution is 0.195. The Morgan fingerprint density at radius 3 is 1.76 bits per heavy atom. The number of rotatable bonds is 10. The number of hydrogen-bond donors (Lipinski definition) is 1. The summed E-state index contributed by atoms with van der Waals surface area (Å²) in [6.07, 6.45) is 4.99. The molecule has 0 aliphatic carbocycles. The largest absolute Gasteiger partial charge is 0.329 e. The number of nitrogens with two attached hydrogens (primary N) is 1. The molecular formula is C19H34N2. The van der Waals surface area contributed by atoms with Crippen molar-refractivity contribution in [3.63, 3.8) is 0 Å². The van der Waals surface area contributed by atoms with Crippen molar-refractivity contribution in [1.29, 1.82) is 0 Å². The van der Waals surface area contributed by atoms with E-state index in [0.29, 0.717) is 18.5 Å². The molecule has 0 aliphatic rings. The van der Waals surface area contributed by atoms with Crippen LogP contribution in [0, 0.1) is 0 Å². The van der Waals surface area contributed by atoms with Crippen molar-refractivity contribution in [2.75, 3.05) is 19.6 Å². The predicted octanol–water partition coefficient (Wildman–Crippen LogP) is 4.71. The van der Waals surface area contributed by atoms with Gasteiger partial charge in [0.15, 0.2) is 0 Å². The quantitative estimate of drug-likeness (QED) is 0.676. The van der Waals surface area contributed by atoms with E-state index in [2.05, 4.69) is 56.9 Å². The third kappa shape index (κ3) is 5.80. The van der Waals surface area contributed by atoms with Gasteiger partial charge in [-0.25, -0.2) is 0 Å². The van der Waals surface area contributed by atoms with E-state index >= 15 is 0 Å². The van der Waals surface area contributed by atoms with Crippen molar-refractivity contribution in [3.8, 4) is 0 Å². The van der Waals surface area contributed by atoms with Gasteiger partial charge in [-0.2, -0.15) is 0 Å². The van der Waals surface area contributed by atoms with Crippen LogP contribution in [0.3, 0.4) is 0 Å². The van der Waals surface area contributed by atoms with Gasteiger partial charge in [-0.05, 0) is 43.0 Å². The van der Waals surface area contributed by atoms with Gasteiger partial charge in [0.05, 0.1) is 0 Å². The maximum atomic E-state index is 6.11. The summed E-state index contributed by atoms with van der Waals surface area (Å²) in [5.41, 5.74) is 8.88. The Labute approximate surface area is 131 Å². The SMILES string of the molecule is CCCCN(CCCC)C(CN)c1ccc(C(C)C)cc1. The Balaban J connectivity index is 2.84. The van der Waals surface area contributed by atoms with Gasteiger partial charge < -0.3 is 5.73 Å². The maximum absolute atomic E-state index is 6.11. The zero-order valence-electron chi connectivity index (χ0n) is 14.4. The van der Waals surface area contributed by atoms with Gasteiger partial charge in [0.1, 0.15) is 0 Å². The van der Waals surface area contributed by atoms with E-state index in [1.54, 1.807) is 0 Å². The molecule has 0 spiro atoms. The Morgan fingerprint density at radius 2 is 1.38 bits per heavy atom. The highest BCUT2D eigenvalue weighted by Crippen LogP contribution is 2.23. The van der Waals surface area contributed by atoms with Crippen LogP contribution < -0.4 is 5.73 Å². The molecule has 120 valence electrons. The van der Waals surface area contributed by atoms with Crippen molar-refractivity contribution in [2.24, 2.45) is 5.73 Å². The molecule has 0 bridgehead atoms. The van der Waals surface area contributed by atoms with Crippen LogP contribution in [-0.2, 0) is 0 Å². The van der Waals surface area contributed by atoms with Crippen LogP contribution in [0.5, 0.6) is 0 Å². The lowest BCUT2D eigenvalue weighted by Crippen LogP contribution is -2.35. The molecule has 2 heteroatoms. The Bertz CT molecular complexity index is 362. The zero-order chi connectivity index (χ0) is 15.7. The van der Waals surface area contributed by atoms with E-state index < -0.39 is 0 Å². The maximum Gasteiger partial charge on any atom is 0.0470 e. The number of hydrogen-bond acceptors (Lipinski definition) is 2. The highest BCUT2D eigenvalue weighted by molar-refractivity contribution is 5.27. The second-order valence-corrected chi connectivity index (χ2v) is 6.32. The molecule has 2 nitrogen and oxygen atoms in total. The molecule has 1 unspecified atom stereocenters. The minimum atomic E-state index is 0.365. The summed E-state index contributed by atoms with van der Waals surface area (Å²) < 4.78 is 0. The summed E-state index contributed by atoms with van der Waals surface area (Å²) in [6.45, 7) is 12.0. The highest BCUT2D eigenvalue weighted by Gasteiger charge is 2.18. The lowest BCUT2D eigenvalue weighted by atomic mass is 9.98. The van der Waals surface area contributed by atoms with E-state index in [0.717, 1.165) is 13.1 Å². The number of nitrogens with zero attached hydrogens (tertiary/aromatic N) is 1. The van der Waals surface area contributed by atoms with Crippen molar-refractivity contribution in [2.45, 2.75) is 65.3 Å². The Morgan fingerprint density at radius 1 is 0.905 bits per heavy atom. The number of unbranched alkanes of at least 4 members (excludes halogenated alkanes) is 2. The fourth-order valence-electron chi connectivity index (χ4n) is 2.74. The molecule has 1 aromatic rings. The van der Waals surface area contributed by atoms with Crippen LogP contribution in [0.2, 0.25) is 0 Å². The molecule has 1 atom stereocenters. The van der Waals surface area contributed by atoms with E-state index in [4.69, 9.17) is 5.73 Å². The summed E-state index contributed by atoms with van der Waals surface area (Å²) in [5, 5.41) is 0. The third-order valence-electron chi connectivity index (χ3n) is 4.25. The normalized spacial score (nSPS) is 13.1. The molecule has 21 heavy (non-hydrogen) atoms. The van der Waals surface area contributed by atoms with Crippen LogP contribution in [0.1, 0.15) is 76.5 Å². The standard InChI is InChI=1S/C19H34N2/c1-5-7-13-21(14-8-6-2)19(15-20)18-11-9-17(10-12-18)16(3)4/h9-12,16,19H,5-8,13-15,20H2,1-4H3. The first-order chi connectivity index (χ1) is 10.1. The highest BCUT2D eigenvalue weighted by atomic mass is 15.2. The molecule has 0 saturated heterocycles. The topological polar surface area (TPSA) is 29.3 Å². The van der Waals surface area contributed by atoms with Crippen LogP contribution in [0.4, 0.5) is 0 Å². The minimum Gasteiger partial charge on any atom is -0.329 e. The molecule has 0 heterocycles. The van der Waals surface area contributed by atoms with Gasteiger partial charge in [-0.1, -0.05) is 64.8 Å². The third-order valence-corrected chi connectivity index (χ3v) is 4.25. The van der Waals surface area contributed by atoms with Crippen LogP contribution >= 0.6 is 0 Å². The second-order valence-electron chi connectivity index (χ2n) is 6.32. The summed E-state index contributed by atoms with van der Waals surface area (Å²) in [7, 11) is 0. The summed E-state index contributed by atoms with van der Waals surface area (Å²) in [4.78, 5) is 2.58. The van der Waals surface area contributed by atoms with Crippen LogP contribution in [-0.4, -0.2) is 24.5 Å². The summed E-state index contributed by atoms with van der Waals surface area (Å²) in [6, 6.07) is 9.44. The first kappa shape index (κ1) is 18.2. The molecular weight excluding hydrogens is 256 g/mol. The molecule has 0 radical (unpaired) electrons. The van der Waals surface area contributed by atoms with E-state index in [9.17, 15) is 0 Å². The zero-order valence-corrected chi connectivity index (χ0v) is 14.4. The first-order valence-corrected chi connectivity index (χ1v) is 8.67. The van der Waals surface area contributed by atoms with E-state index in [-0.39, 0.29) is 0 Å².